The molecule has 3 nitrogen and oxygen atoms in total. The molecule has 3 heteroatoms. The molecule has 0 fully saturated rings. The third kappa shape index (κ3) is 9.26. The van der Waals surface area contributed by atoms with Crippen LogP contribution < -0.4 is 10.6 Å². The van der Waals surface area contributed by atoms with Gasteiger partial charge in [-0.3, -0.25) is 4.79 Å². The first-order valence-electron chi connectivity index (χ1n) is 5.08. The first kappa shape index (κ1) is 13.2. The molecule has 1 amide bonds. The van der Waals surface area contributed by atoms with Gasteiger partial charge in [-0.1, -0.05) is 6.08 Å². The predicted octanol–water partition coefficient (Wildman–Crippen LogP) is 1.46. The number of nitrogens with one attached hydrogen (secondary N) is 2. The fraction of sp³-hybridized carbons (Fsp3) is 0.727. The van der Waals surface area contributed by atoms with Crippen molar-refractivity contribution in [3.8, 4) is 0 Å². The summed E-state index contributed by atoms with van der Waals surface area (Å²) in [5.41, 5.74) is -0.127. The summed E-state index contributed by atoms with van der Waals surface area (Å²) in [4.78, 5) is 11.3. The molecule has 2 N–H and O–H groups in total. The van der Waals surface area contributed by atoms with Gasteiger partial charge >= 0.3 is 0 Å². The summed E-state index contributed by atoms with van der Waals surface area (Å²) in [5.74, 6) is 0.101. The third-order valence-electron chi connectivity index (χ3n) is 1.57. The minimum absolute atomic E-state index is 0.101. The Morgan fingerprint density at radius 1 is 1.36 bits per heavy atom. The highest BCUT2D eigenvalue weighted by molar-refractivity contribution is 5.76. The summed E-state index contributed by atoms with van der Waals surface area (Å²) in [6, 6.07) is 0. The van der Waals surface area contributed by atoms with Crippen LogP contribution in [0, 0.1) is 0 Å². The van der Waals surface area contributed by atoms with Crippen LogP contribution in [0.4, 0.5) is 0 Å². The number of amides is 1. The Balaban J connectivity index is 3.41. The van der Waals surface area contributed by atoms with E-state index in [2.05, 4.69) is 17.2 Å². The van der Waals surface area contributed by atoms with Crippen molar-refractivity contribution in [3.63, 3.8) is 0 Å². The van der Waals surface area contributed by atoms with Crippen LogP contribution in [-0.4, -0.2) is 24.5 Å². The Hall–Kier alpha value is -0.830. The minimum Gasteiger partial charge on any atom is -0.351 e. The molecule has 0 atom stereocenters. The summed E-state index contributed by atoms with van der Waals surface area (Å²) < 4.78 is 0. The summed E-state index contributed by atoms with van der Waals surface area (Å²) >= 11 is 0. The van der Waals surface area contributed by atoms with Crippen molar-refractivity contribution in [3.05, 3.63) is 12.7 Å². The fourth-order valence-electron chi connectivity index (χ4n) is 1.01. The molecule has 0 aliphatic carbocycles. The van der Waals surface area contributed by atoms with Crippen molar-refractivity contribution in [2.45, 2.75) is 39.2 Å². The lowest BCUT2D eigenvalue weighted by Gasteiger charge is -2.20. The van der Waals surface area contributed by atoms with Crippen LogP contribution >= 0.6 is 0 Å². The molecular weight excluding hydrogens is 176 g/mol. The highest BCUT2D eigenvalue weighted by atomic mass is 16.1. The Morgan fingerprint density at radius 3 is 2.50 bits per heavy atom. The molecule has 82 valence electrons. The van der Waals surface area contributed by atoms with E-state index in [1.54, 1.807) is 0 Å². The quantitative estimate of drug-likeness (QED) is 0.501. The molecule has 0 saturated heterocycles. The normalized spacial score (nSPS) is 11.1. The topological polar surface area (TPSA) is 41.1 Å². The molecule has 0 spiro atoms. The molecule has 0 heterocycles. The van der Waals surface area contributed by atoms with E-state index < -0.39 is 0 Å². The second-order valence-electron chi connectivity index (χ2n) is 4.38. The van der Waals surface area contributed by atoms with Crippen LogP contribution in [0.1, 0.15) is 33.6 Å². The molecule has 14 heavy (non-hydrogen) atoms. The Kier molecular flexibility index (Phi) is 6.21. The van der Waals surface area contributed by atoms with Crippen LogP contribution in [0.3, 0.4) is 0 Å². The molecule has 0 radical (unpaired) electrons. The zero-order valence-electron chi connectivity index (χ0n) is 9.52. The van der Waals surface area contributed by atoms with E-state index in [4.69, 9.17) is 0 Å². The molecule has 0 aromatic rings. The minimum atomic E-state index is -0.127. The van der Waals surface area contributed by atoms with Crippen molar-refractivity contribution in [1.82, 2.24) is 10.6 Å². The van der Waals surface area contributed by atoms with Gasteiger partial charge in [0.1, 0.15) is 0 Å². The molecule has 0 rings (SSSR count). The molecule has 0 unspecified atom stereocenters. The van der Waals surface area contributed by atoms with Gasteiger partial charge in [-0.2, -0.15) is 0 Å². The molecule has 0 aliphatic heterocycles. The number of hydrogen-bond acceptors (Lipinski definition) is 2. The van der Waals surface area contributed by atoms with Gasteiger partial charge in [0.25, 0.3) is 0 Å². The predicted molar refractivity (Wildman–Crippen MR) is 60.2 cm³/mol. The van der Waals surface area contributed by atoms with E-state index in [-0.39, 0.29) is 11.4 Å². The Morgan fingerprint density at radius 2 is 2.00 bits per heavy atom. The zero-order chi connectivity index (χ0) is 11.0. The van der Waals surface area contributed by atoms with Gasteiger partial charge in [0.15, 0.2) is 0 Å². The summed E-state index contributed by atoms with van der Waals surface area (Å²) in [6.45, 7) is 11.2. The van der Waals surface area contributed by atoms with Gasteiger partial charge in [-0.25, -0.2) is 0 Å². The molecular formula is C11H22N2O. The van der Waals surface area contributed by atoms with Crippen molar-refractivity contribution >= 4 is 5.91 Å². The largest absolute Gasteiger partial charge is 0.351 e. The van der Waals surface area contributed by atoms with Gasteiger partial charge in [0.2, 0.25) is 5.91 Å². The number of hydrogen-bond donors (Lipinski definition) is 2. The number of rotatable bonds is 6. The van der Waals surface area contributed by atoms with Crippen LogP contribution in [0.2, 0.25) is 0 Å². The van der Waals surface area contributed by atoms with Gasteiger partial charge in [-0.05, 0) is 33.7 Å². The van der Waals surface area contributed by atoms with Gasteiger partial charge in [0.05, 0.1) is 0 Å². The average molecular weight is 198 g/mol. The van der Waals surface area contributed by atoms with Crippen molar-refractivity contribution in [2.24, 2.45) is 0 Å². The maximum Gasteiger partial charge on any atom is 0.221 e. The van der Waals surface area contributed by atoms with E-state index in [1.807, 2.05) is 26.8 Å². The molecule has 0 aliphatic rings. The molecule has 0 saturated carbocycles. The van der Waals surface area contributed by atoms with E-state index in [0.29, 0.717) is 6.42 Å². The lowest BCUT2D eigenvalue weighted by Crippen LogP contribution is -2.41. The standard InChI is InChI=1S/C11H22N2O/c1-5-6-8-12-9-7-10(14)13-11(2,3)4/h5,12H,1,6-9H2,2-4H3,(H,13,14). The summed E-state index contributed by atoms with van der Waals surface area (Å²) in [6.07, 6.45) is 3.34. The maximum absolute atomic E-state index is 11.3. The Labute approximate surface area is 87.0 Å². The van der Waals surface area contributed by atoms with Crippen molar-refractivity contribution < 1.29 is 4.79 Å². The van der Waals surface area contributed by atoms with Crippen LogP contribution in [-0.2, 0) is 4.79 Å². The van der Waals surface area contributed by atoms with Crippen LogP contribution in [0.15, 0.2) is 12.7 Å². The first-order valence-corrected chi connectivity index (χ1v) is 5.08. The second kappa shape index (κ2) is 6.60. The first-order chi connectivity index (χ1) is 6.45. The van der Waals surface area contributed by atoms with Crippen molar-refractivity contribution in [1.29, 1.82) is 0 Å². The molecule has 0 aromatic heterocycles. The number of carbonyl (C=O) groups is 1. The van der Waals surface area contributed by atoms with E-state index >= 15 is 0 Å². The highest BCUT2D eigenvalue weighted by Gasteiger charge is 2.12. The van der Waals surface area contributed by atoms with Gasteiger partial charge in [0, 0.05) is 18.5 Å². The molecule has 0 bridgehead atoms. The van der Waals surface area contributed by atoms with Crippen molar-refractivity contribution in [2.75, 3.05) is 13.1 Å². The molecule has 0 aromatic carbocycles. The lowest BCUT2D eigenvalue weighted by molar-refractivity contribution is -0.122. The fourth-order valence-corrected chi connectivity index (χ4v) is 1.01. The van der Waals surface area contributed by atoms with Crippen LogP contribution in [0.25, 0.3) is 0 Å². The van der Waals surface area contributed by atoms with Gasteiger partial charge < -0.3 is 10.6 Å². The number of carbonyl (C=O) groups excluding carboxylic acids is 1. The lowest BCUT2D eigenvalue weighted by atomic mass is 10.1. The maximum atomic E-state index is 11.3. The summed E-state index contributed by atoms with van der Waals surface area (Å²) in [5, 5.41) is 6.08. The second-order valence-corrected chi connectivity index (χ2v) is 4.38. The Bertz CT molecular complexity index is 182. The van der Waals surface area contributed by atoms with E-state index in [0.717, 1.165) is 19.5 Å². The average Bonchev–Trinajstić information content (AvgIpc) is 2.00. The monoisotopic (exact) mass is 198 g/mol. The zero-order valence-corrected chi connectivity index (χ0v) is 9.52. The highest BCUT2D eigenvalue weighted by Crippen LogP contribution is 1.98. The van der Waals surface area contributed by atoms with E-state index in [1.165, 1.54) is 0 Å². The summed E-state index contributed by atoms with van der Waals surface area (Å²) in [7, 11) is 0. The van der Waals surface area contributed by atoms with E-state index in [9.17, 15) is 4.79 Å². The van der Waals surface area contributed by atoms with Crippen LogP contribution in [0.5, 0.6) is 0 Å². The third-order valence-corrected chi connectivity index (χ3v) is 1.57. The smallest absolute Gasteiger partial charge is 0.221 e. The van der Waals surface area contributed by atoms with Gasteiger partial charge in [-0.15, -0.1) is 6.58 Å². The SMILES string of the molecule is C=CCCNCCC(=O)NC(C)(C)C.